The molecule has 3 nitrogen and oxygen atoms in total. The predicted octanol–water partition coefficient (Wildman–Crippen LogP) is 2.87. The summed E-state index contributed by atoms with van der Waals surface area (Å²) in [6, 6.07) is 10.1. The summed E-state index contributed by atoms with van der Waals surface area (Å²) >= 11 is 0. The zero-order valence-electron chi connectivity index (χ0n) is 9.26. The second-order valence-corrected chi connectivity index (χ2v) is 3.89. The molecule has 4 heteroatoms. The summed E-state index contributed by atoms with van der Waals surface area (Å²) in [4.78, 5) is 4.38. The fourth-order valence-electron chi connectivity index (χ4n) is 1.81. The van der Waals surface area contributed by atoms with Gasteiger partial charge in [-0.2, -0.15) is 5.10 Å². The van der Waals surface area contributed by atoms with Crippen molar-refractivity contribution >= 4 is 11.0 Å². The number of pyridine rings is 1. The van der Waals surface area contributed by atoms with Gasteiger partial charge >= 0.3 is 0 Å². The summed E-state index contributed by atoms with van der Waals surface area (Å²) in [6.45, 7) is 1.94. The van der Waals surface area contributed by atoms with Crippen molar-refractivity contribution in [3.05, 3.63) is 54.1 Å². The first-order chi connectivity index (χ1) is 8.24. The number of aromatic nitrogens is 3. The third kappa shape index (κ3) is 1.67. The number of rotatable bonds is 1. The highest BCUT2D eigenvalue weighted by Crippen LogP contribution is 2.17. The number of halogens is 1. The van der Waals surface area contributed by atoms with Crippen molar-refractivity contribution in [1.82, 2.24) is 14.8 Å². The van der Waals surface area contributed by atoms with E-state index in [1.807, 2.05) is 19.1 Å². The molecule has 0 aliphatic carbocycles. The van der Waals surface area contributed by atoms with Crippen LogP contribution >= 0.6 is 0 Å². The minimum Gasteiger partial charge on any atom is -0.250 e. The minimum atomic E-state index is -0.251. The summed E-state index contributed by atoms with van der Waals surface area (Å²) in [6.07, 6.45) is 1.71. The quantitative estimate of drug-likeness (QED) is 0.640. The van der Waals surface area contributed by atoms with Gasteiger partial charge in [0.05, 0.1) is 17.4 Å². The van der Waals surface area contributed by atoms with Gasteiger partial charge in [-0.1, -0.05) is 0 Å². The molecular formula is C13H10FN3. The van der Waals surface area contributed by atoms with E-state index in [0.29, 0.717) is 0 Å². The van der Waals surface area contributed by atoms with Gasteiger partial charge in [0.25, 0.3) is 0 Å². The summed E-state index contributed by atoms with van der Waals surface area (Å²) < 4.78 is 14.6. The molecule has 84 valence electrons. The second kappa shape index (κ2) is 3.66. The Balaban J connectivity index is 2.21. The van der Waals surface area contributed by atoms with Crippen molar-refractivity contribution in [3.8, 4) is 5.69 Å². The number of hydrogen-bond acceptors (Lipinski definition) is 2. The van der Waals surface area contributed by atoms with Crippen LogP contribution in [0.15, 0.2) is 42.6 Å². The molecule has 2 aromatic heterocycles. The van der Waals surface area contributed by atoms with Crippen LogP contribution in [0.25, 0.3) is 16.7 Å². The molecule has 0 spiro atoms. The molecule has 0 N–H and O–H groups in total. The van der Waals surface area contributed by atoms with Gasteiger partial charge in [-0.05, 0) is 43.3 Å². The maximum absolute atomic E-state index is 12.9. The largest absolute Gasteiger partial charge is 0.250 e. The average Bonchev–Trinajstić information content (AvgIpc) is 2.73. The summed E-state index contributed by atoms with van der Waals surface area (Å²) in [7, 11) is 0. The molecule has 1 aromatic carbocycles. The van der Waals surface area contributed by atoms with E-state index >= 15 is 0 Å². The fraction of sp³-hybridized carbons (Fsp3) is 0.0769. The van der Waals surface area contributed by atoms with Crippen LogP contribution in [0.1, 0.15) is 5.69 Å². The Kier molecular flexibility index (Phi) is 2.14. The topological polar surface area (TPSA) is 30.7 Å². The molecule has 0 amide bonds. The molecule has 17 heavy (non-hydrogen) atoms. The lowest BCUT2D eigenvalue weighted by Gasteiger charge is -2.02. The lowest BCUT2D eigenvalue weighted by atomic mass is 10.3. The maximum Gasteiger partial charge on any atom is 0.123 e. The van der Waals surface area contributed by atoms with Crippen LogP contribution in [0.2, 0.25) is 0 Å². The van der Waals surface area contributed by atoms with Gasteiger partial charge in [-0.25, -0.2) is 14.1 Å². The predicted molar refractivity (Wildman–Crippen MR) is 63.6 cm³/mol. The number of benzene rings is 1. The normalized spacial score (nSPS) is 10.9. The third-order valence-electron chi connectivity index (χ3n) is 2.64. The van der Waals surface area contributed by atoms with E-state index < -0.39 is 0 Å². The van der Waals surface area contributed by atoms with Crippen LogP contribution in [-0.2, 0) is 0 Å². The minimum absolute atomic E-state index is 0.251. The molecule has 0 aliphatic rings. The van der Waals surface area contributed by atoms with Gasteiger partial charge < -0.3 is 0 Å². The Hall–Kier alpha value is -2.23. The van der Waals surface area contributed by atoms with Gasteiger partial charge in [-0.15, -0.1) is 0 Å². The van der Waals surface area contributed by atoms with Crippen molar-refractivity contribution in [2.75, 3.05) is 0 Å². The highest BCUT2D eigenvalue weighted by atomic mass is 19.1. The van der Waals surface area contributed by atoms with Crippen molar-refractivity contribution in [3.63, 3.8) is 0 Å². The Morgan fingerprint density at radius 1 is 1.06 bits per heavy atom. The Labute approximate surface area is 97.5 Å². The van der Waals surface area contributed by atoms with E-state index in [1.165, 1.54) is 12.1 Å². The van der Waals surface area contributed by atoms with Gasteiger partial charge in [0.15, 0.2) is 0 Å². The van der Waals surface area contributed by atoms with E-state index in [9.17, 15) is 4.39 Å². The van der Waals surface area contributed by atoms with Crippen LogP contribution in [0.3, 0.4) is 0 Å². The Morgan fingerprint density at radius 3 is 2.59 bits per heavy atom. The van der Waals surface area contributed by atoms with E-state index in [4.69, 9.17) is 0 Å². The summed E-state index contributed by atoms with van der Waals surface area (Å²) in [5.74, 6) is -0.251. The number of hydrogen-bond donors (Lipinski definition) is 0. The molecular weight excluding hydrogens is 217 g/mol. The van der Waals surface area contributed by atoms with Gasteiger partial charge in [0.1, 0.15) is 11.3 Å². The highest BCUT2D eigenvalue weighted by Gasteiger charge is 2.05. The fourth-order valence-corrected chi connectivity index (χ4v) is 1.81. The second-order valence-electron chi connectivity index (χ2n) is 3.89. The molecule has 0 atom stereocenters. The SMILES string of the molecule is Cc1ccc2c(cnn2-c2ccc(F)cc2)n1. The molecule has 0 radical (unpaired) electrons. The van der Waals surface area contributed by atoms with Crippen LogP contribution in [0.5, 0.6) is 0 Å². The molecule has 3 aromatic rings. The smallest absolute Gasteiger partial charge is 0.123 e. The van der Waals surface area contributed by atoms with Crippen molar-refractivity contribution < 1.29 is 4.39 Å². The van der Waals surface area contributed by atoms with Crippen LogP contribution in [0, 0.1) is 12.7 Å². The first-order valence-corrected chi connectivity index (χ1v) is 5.31. The molecule has 0 saturated carbocycles. The first kappa shape index (κ1) is 9.96. The van der Waals surface area contributed by atoms with E-state index in [-0.39, 0.29) is 5.82 Å². The molecule has 0 bridgehead atoms. The van der Waals surface area contributed by atoms with Gasteiger partial charge in [-0.3, -0.25) is 0 Å². The molecule has 0 aliphatic heterocycles. The Bertz CT molecular complexity index is 671. The van der Waals surface area contributed by atoms with Gasteiger partial charge in [0.2, 0.25) is 0 Å². The van der Waals surface area contributed by atoms with Crippen LogP contribution in [-0.4, -0.2) is 14.8 Å². The number of fused-ring (bicyclic) bond motifs is 1. The van der Waals surface area contributed by atoms with E-state index in [0.717, 1.165) is 22.4 Å². The van der Waals surface area contributed by atoms with Crippen molar-refractivity contribution in [2.45, 2.75) is 6.92 Å². The highest BCUT2D eigenvalue weighted by molar-refractivity contribution is 5.76. The standard InChI is InChI=1S/C13H10FN3/c1-9-2-7-13-12(16-9)8-15-17(13)11-5-3-10(14)4-6-11/h2-8H,1H3. The van der Waals surface area contributed by atoms with Crippen LogP contribution < -0.4 is 0 Å². The maximum atomic E-state index is 12.9. The van der Waals surface area contributed by atoms with E-state index in [2.05, 4.69) is 10.1 Å². The summed E-state index contributed by atoms with van der Waals surface area (Å²) in [5.41, 5.74) is 3.54. The third-order valence-corrected chi connectivity index (χ3v) is 2.64. The van der Waals surface area contributed by atoms with Gasteiger partial charge in [0, 0.05) is 5.69 Å². The zero-order valence-corrected chi connectivity index (χ0v) is 9.26. The Morgan fingerprint density at radius 2 is 1.82 bits per heavy atom. The molecule has 0 unspecified atom stereocenters. The molecule has 0 saturated heterocycles. The zero-order chi connectivity index (χ0) is 11.8. The number of nitrogens with zero attached hydrogens (tertiary/aromatic N) is 3. The first-order valence-electron chi connectivity index (χ1n) is 5.31. The van der Waals surface area contributed by atoms with Crippen molar-refractivity contribution in [2.24, 2.45) is 0 Å². The summed E-state index contributed by atoms with van der Waals surface area (Å²) in [5, 5.41) is 4.27. The molecule has 3 rings (SSSR count). The van der Waals surface area contributed by atoms with E-state index in [1.54, 1.807) is 23.0 Å². The molecule has 2 heterocycles. The average molecular weight is 227 g/mol. The van der Waals surface area contributed by atoms with Crippen LogP contribution in [0.4, 0.5) is 4.39 Å². The monoisotopic (exact) mass is 227 g/mol. The molecule has 0 fully saturated rings. The number of aryl methyl sites for hydroxylation is 1. The lowest BCUT2D eigenvalue weighted by molar-refractivity contribution is 0.627. The lowest BCUT2D eigenvalue weighted by Crippen LogP contribution is -1.96. The van der Waals surface area contributed by atoms with Crippen molar-refractivity contribution in [1.29, 1.82) is 0 Å².